The third-order valence-corrected chi connectivity index (χ3v) is 3.79. The van der Waals surface area contributed by atoms with E-state index in [0.29, 0.717) is 11.7 Å². The van der Waals surface area contributed by atoms with Crippen LogP contribution in [0.4, 0.5) is 18.3 Å². The summed E-state index contributed by atoms with van der Waals surface area (Å²) in [6, 6.07) is -0.236. The monoisotopic (exact) mass is 295 g/mol. The maximum absolute atomic E-state index is 12.6. The number of anilines is 1. The van der Waals surface area contributed by atoms with Crippen LogP contribution in [0, 0.1) is 0 Å². The average molecular weight is 295 g/mol. The van der Waals surface area contributed by atoms with Crippen molar-refractivity contribution in [3.8, 4) is 0 Å². The summed E-state index contributed by atoms with van der Waals surface area (Å²) in [6.45, 7) is 5.13. The van der Waals surface area contributed by atoms with Crippen LogP contribution in [-0.4, -0.2) is 30.8 Å². The summed E-state index contributed by atoms with van der Waals surface area (Å²) in [6.07, 6.45) is -3.49. The van der Waals surface area contributed by atoms with Gasteiger partial charge in [0.05, 0.1) is 5.69 Å². The van der Waals surface area contributed by atoms with Crippen LogP contribution in [0.25, 0.3) is 0 Å². The molecule has 0 aliphatic carbocycles. The Morgan fingerprint density at radius 3 is 2.42 bits per heavy atom. The maximum Gasteiger partial charge on any atom is 0.406 e. The van der Waals surface area contributed by atoms with Gasteiger partial charge < -0.3 is 10.2 Å². The topological polar surface area (TPSA) is 28.2 Å². The fraction of sp³-hybridized carbons (Fsp3) is 0.750. The predicted octanol–water partition coefficient (Wildman–Crippen LogP) is 3.20. The van der Waals surface area contributed by atoms with Crippen LogP contribution in [0.1, 0.15) is 31.3 Å². The summed E-state index contributed by atoms with van der Waals surface area (Å²) in [5.41, 5.74) is 0.877. The molecule has 0 aliphatic heterocycles. The average Bonchev–Trinajstić information content (AvgIpc) is 2.68. The first kappa shape index (κ1) is 16.2. The minimum absolute atomic E-state index is 0.236. The predicted molar refractivity (Wildman–Crippen MR) is 72.8 cm³/mol. The summed E-state index contributed by atoms with van der Waals surface area (Å²) in [7, 11) is 1.81. The maximum atomic E-state index is 12.6. The van der Waals surface area contributed by atoms with Gasteiger partial charge in [0.1, 0.15) is 6.54 Å². The van der Waals surface area contributed by atoms with Crippen molar-refractivity contribution in [3.63, 3.8) is 0 Å². The molecule has 0 saturated heterocycles. The fourth-order valence-electron chi connectivity index (χ4n) is 1.73. The minimum Gasteiger partial charge on any atom is -0.337 e. The lowest BCUT2D eigenvalue weighted by Crippen LogP contribution is -2.39. The van der Waals surface area contributed by atoms with Crippen molar-refractivity contribution in [1.82, 2.24) is 10.3 Å². The molecule has 7 heteroatoms. The Morgan fingerprint density at radius 2 is 2.00 bits per heavy atom. The van der Waals surface area contributed by atoms with Crippen molar-refractivity contribution in [1.29, 1.82) is 0 Å². The standard InChI is InChI=1S/C12H20F3N3S/c1-5-9-10(6-16-4)19-11(17-9)18(8(2)3)7-12(13,14)15/h8,16H,5-7H2,1-4H3. The van der Waals surface area contributed by atoms with Crippen molar-refractivity contribution >= 4 is 16.5 Å². The van der Waals surface area contributed by atoms with E-state index in [4.69, 9.17) is 0 Å². The third-order valence-electron chi connectivity index (χ3n) is 2.66. The number of hydrogen-bond donors (Lipinski definition) is 1. The zero-order valence-corrected chi connectivity index (χ0v) is 12.5. The zero-order valence-electron chi connectivity index (χ0n) is 11.6. The second kappa shape index (κ2) is 6.56. The molecular formula is C12H20F3N3S. The first-order valence-electron chi connectivity index (χ1n) is 6.25. The summed E-state index contributed by atoms with van der Waals surface area (Å²) in [5, 5.41) is 3.47. The van der Waals surface area contributed by atoms with Crippen LogP contribution in [0.5, 0.6) is 0 Å². The highest BCUT2D eigenvalue weighted by molar-refractivity contribution is 7.15. The molecule has 1 aromatic heterocycles. The lowest BCUT2D eigenvalue weighted by Gasteiger charge is -2.27. The van der Waals surface area contributed by atoms with Crippen molar-refractivity contribution in [2.24, 2.45) is 0 Å². The molecule has 19 heavy (non-hydrogen) atoms. The molecular weight excluding hydrogens is 275 g/mol. The lowest BCUT2D eigenvalue weighted by molar-refractivity contribution is -0.120. The number of aryl methyl sites for hydroxylation is 1. The molecule has 110 valence electrons. The van der Waals surface area contributed by atoms with Crippen LogP contribution < -0.4 is 10.2 Å². The second-order valence-electron chi connectivity index (χ2n) is 4.59. The van der Waals surface area contributed by atoms with Crippen LogP contribution in [0.15, 0.2) is 0 Å². The Bertz CT molecular complexity index is 401. The normalized spacial score (nSPS) is 12.2. The molecule has 0 aromatic carbocycles. The molecule has 1 rings (SSSR count). The van der Waals surface area contributed by atoms with E-state index in [1.54, 1.807) is 13.8 Å². The fourth-order valence-corrected chi connectivity index (χ4v) is 3.02. The molecule has 0 amide bonds. The first-order valence-corrected chi connectivity index (χ1v) is 7.06. The number of hydrogen-bond acceptors (Lipinski definition) is 4. The Balaban J connectivity index is 3.02. The number of aromatic nitrogens is 1. The van der Waals surface area contributed by atoms with Gasteiger partial charge in [0.25, 0.3) is 0 Å². The van der Waals surface area contributed by atoms with Gasteiger partial charge in [0, 0.05) is 17.5 Å². The van der Waals surface area contributed by atoms with Gasteiger partial charge in [0.15, 0.2) is 5.13 Å². The molecule has 0 spiro atoms. The smallest absolute Gasteiger partial charge is 0.337 e. The summed E-state index contributed by atoms with van der Waals surface area (Å²) in [4.78, 5) is 6.67. The van der Waals surface area contributed by atoms with Crippen molar-refractivity contribution in [3.05, 3.63) is 10.6 Å². The van der Waals surface area contributed by atoms with E-state index < -0.39 is 12.7 Å². The first-order chi connectivity index (χ1) is 8.78. The molecule has 0 unspecified atom stereocenters. The van der Waals surface area contributed by atoms with E-state index in [0.717, 1.165) is 17.0 Å². The highest BCUT2D eigenvalue weighted by Crippen LogP contribution is 2.30. The number of alkyl halides is 3. The SMILES string of the molecule is CCc1nc(N(CC(F)(F)F)C(C)C)sc1CNC. The summed E-state index contributed by atoms with van der Waals surface area (Å²) >= 11 is 1.34. The van der Waals surface area contributed by atoms with Gasteiger partial charge in [-0.25, -0.2) is 4.98 Å². The number of thiazole rings is 1. The Morgan fingerprint density at radius 1 is 1.37 bits per heavy atom. The number of nitrogens with zero attached hydrogens (tertiary/aromatic N) is 2. The van der Waals surface area contributed by atoms with Gasteiger partial charge in [-0.15, -0.1) is 11.3 Å². The van der Waals surface area contributed by atoms with Gasteiger partial charge in [-0.1, -0.05) is 6.92 Å². The van der Waals surface area contributed by atoms with E-state index in [1.165, 1.54) is 16.2 Å². The number of halogens is 3. The summed E-state index contributed by atoms with van der Waals surface area (Å²) in [5.74, 6) is 0. The zero-order chi connectivity index (χ0) is 14.6. The van der Waals surface area contributed by atoms with Crippen LogP contribution >= 0.6 is 11.3 Å². The molecule has 0 saturated carbocycles. The number of rotatable bonds is 6. The van der Waals surface area contributed by atoms with Gasteiger partial charge in [-0.3, -0.25) is 0 Å². The number of nitrogens with one attached hydrogen (secondary N) is 1. The lowest BCUT2D eigenvalue weighted by atomic mass is 10.3. The van der Waals surface area contributed by atoms with Crippen LogP contribution in [0.2, 0.25) is 0 Å². The molecule has 0 fully saturated rings. The van der Waals surface area contributed by atoms with Crippen molar-refractivity contribution < 1.29 is 13.2 Å². The third kappa shape index (κ3) is 4.65. The highest BCUT2D eigenvalue weighted by Gasteiger charge is 2.33. The van der Waals surface area contributed by atoms with Crippen molar-refractivity contribution in [2.45, 2.75) is 46.0 Å². The summed E-state index contributed by atoms with van der Waals surface area (Å²) < 4.78 is 37.8. The van der Waals surface area contributed by atoms with Crippen molar-refractivity contribution in [2.75, 3.05) is 18.5 Å². The van der Waals surface area contributed by atoms with Gasteiger partial charge in [0.2, 0.25) is 0 Å². The van der Waals surface area contributed by atoms with Gasteiger partial charge >= 0.3 is 6.18 Å². The Hall–Kier alpha value is -0.820. The molecule has 0 bridgehead atoms. The second-order valence-corrected chi connectivity index (χ2v) is 5.65. The van der Waals surface area contributed by atoms with E-state index in [-0.39, 0.29) is 6.04 Å². The largest absolute Gasteiger partial charge is 0.406 e. The minimum atomic E-state index is -4.22. The van der Waals surface area contributed by atoms with Gasteiger partial charge in [-0.05, 0) is 27.3 Å². The molecule has 0 radical (unpaired) electrons. The highest BCUT2D eigenvalue weighted by atomic mass is 32.1. The van der Waals surface area contributed by atoms with Gasteiger partial charge in [-0.2, -0.15) is 13.2 Å². The van der Waals surface area contributed by atoms with Crippen LogP contribution in [-0.2, 0) is 13.0 Å². The molecule has 1 aromatic rings. The van der Waals surface area contributed by atoms with E-state index in [1.807, 2.05) is 14.0 Å². The van der Waals surface area contributed by atoms with E-state index >= 15 is 0 Å². The Labute approximate surface area is 115 Å². The molecule has 1 heterocycles. The molecule has 0 atom stereocenters. The molecule has 0 aliphatic rings. The van der Waals surface area contributed by atoms with E-state index in [9.17, 15) is 13.2 Å². The Kier molecular flexibility index (Phi) is 5.61. The van der Waals surface area contributed by atoms with E-state index in [2.05, 4.69) is 10.3 Å². The molecule has 1 N–H and O–H groups in total. The quantitative estimate of drug-likeness (QED) is 0.873. The van der Waals surface area contributed by atoms with Crippen LogP contribution in [0.3, 0.4) is 0 Å². The molecule has 3 nitrogen and oxygen atoms in total.